The van der Waals surface area contributed by atoms with Crippen molar-refractivity contribution < 1.29 is 4.42 Å². The zero-order valence-electron chi connectivity index (χ0n) is 10.4. The van der Waals surface area contributed by atoms with E-state index in [4.69, 9.17) is 16.0 Å². The molecule has 1 aliphatic rings. The molecule has 0 radical (unpaired) electrons. The molecule has 0 saturated carbocycles. The number of hydrogen-bond donors (Lipinski definition) is 1. The molecule has 1 aromatic carbocycles. The highest BCUT2D eigenvalue weighted by atomic mass is 35.5. The van der Waals surface area contributed by atoms with Crippen LogP contribution >= 0.6 is 11.6 Å². The van der Waals surface area contributed by atoms with Gasteiger partial charge < -0.3 is 9.73 Å². The van der Waals surface area contributed by atoms with E-state index in [0.717, 1.165) is 42.7 Å². The molecule has 1 atom stereocenters. The number of rotatable bonds is 2. The van der Waals surface area contributed by atoms with E-state index in [-0.39, 0.29) is 0 Å². The van der Waals surface area contributed by atoms with Crippen LogP contribution in [0.15, 0.2) is 28.7 Å². The van der Waals surface area contributed by atoms with Crippen LogP contribution in [0.1, 0.15) is 12.5 Å². The van der Waals surface area contributed by atoms with Crippen molar-refractivity contribution in [3.8, 4) is 0 Å². The van der Waals surface area contributed by atoms with Crippen molar-refractivity contribution in [2.24, 2.45) is 0 Å². The number of halogens is 1. The molecule has 0 spiro atoms. The van der Waals surface area contributed by atoms with Crippen LogP contribution in [0.3, 0.4) is 0 Å². The van der Waals surface area contributed by atoms with Crippen LogP contribution in [0.4, 0.5) is 0 Å². The summed E-state index contributed by atoms with van der Waals surface area (Å²) in [5.74, 6) is 0. The van der Waals surface area contributed by atoms with Crippen LogP contribution in [0.2, 0.25) is 5.22 Å². The first-order valence-corrected chi connectivity index (χ1v) is 6.73. The first-order valence-electron chi connectivity index (χ1n) is 6.35. The van der Waals surface area contributed by atoms with E-state index in [1.54, 1.807) is 0 Å². The minimum absolute atomic E-state index is 0.530. The van der Waals surface area contributed by atoms with Gasteiger partial charge in [-0.15, -0.1) is 0 Å². The van der Waals surface area contributed by atoms with Crippen LogP contribution in [-0.4, -0.2) is 30.6 Å². The van der Waals surface area contributed by atoms with Gasteiger partial charge in [-0.05, 0) is 24.6 Å². The van der Waals surface area contributed by atoms with E-state index in [9.17, 15) is 0 Å². The second-order valence-electron chi connectivity index (χ2n) is 4.94. The summed E-state index contributed by atoms with van der Waals surface area (Å²) in [7, 11) is 0. The summed E-state index contributed by atoms with van der Waals surface area (Å²) in [6, 6.07) is 8.57. The Balaban J connectivity index is 1.87. The zero-order chi connectivity index (χ0) is 12.5. The van der Waals surface area contributed by atoms with E-state index in [1.807, 2.05) is 18.2 Å². The van der Waals surface area contributed by atoms with Gasteiger partial charge in [0.2, 0.25) is 0 Å². The van der Waals surface area contributed by atoms with Gasteiger partial charge in [0.25, 0.3) is 0 Å². The predicted octanol–water partition coefficient (Wildman–Crippen LogP) is 2.88. The number of piperazine rings is 1. The second-order valence-corrected chi connectivity index (χ2v) is 5.28. The Bertz CT molecular complexity index is 552. The summed E-state index contributed by atoms with van der Waals surface area (Å²) < 4.78 is 5.59. The van der Waals surface area contributed by atoms with Gasteiger partial charge in [0, 0.05) is 43.2 Å². The van der Waals surface area contributed by atoms with Crippen molar-refractivity contribution >= 4 is 22.6 Å². The fourth-order valence-electron chi connectivity index (χ4n) is 2.60. The van der Waals surface area contributed by atoms with Gasteiger partial charge >= 0.3 is 0 Å². The lowest BCUT2D eigenvalue weighted by atomic mass is 10.1. The molecule has 18 heavy (non-hydrogen) atoms. The molecule has 2 heterocycles. The van der Waals surface area contributed by atoms with Crippen molar-refractivity contribution in [1.82, 2.24) is 10.2 Å². The van der Waals surface area contributed by atoms with Gasteiger partial charge in [-0.3, -0.25) is 4.90 Å². The molecule has 1 N–H and O–H groups in total. The maximum absolute atomic E-state index is 6.21. The Kier molecular flexibility index (Phi) is 3.29. The van der Waals surface area contributed by atoms with E-state index < -0.39 is 0 Å². The first kappa shape index (κ1) is 12.0. The number of para-hydroxylation sites is 1. The third-order valence-corrected chi connectivity index (χ3v) is 3.79. The molecule has 1 fully saturated rings. The lowest BCUT2D eigenvalue weighted by Crippen LogP contribution is -2.48. The molecule has 1 aromatic heterocycles. The van der Waals surface area contributed by atoms with Gasteiger partial charge in [-0.2, -0.15) is 0 Å². The maximum Gasteiger partial charge on any atom is 0.199 e. The quantitative estimate of drug-likeness (QED) is 0.904. The summed E-state index contributed by atoms with van der Waals surface area (Å²) in [6.45, 7) is 6.22. The topological polar surface area (TPSA) is 28.4 Å². The average Bonchev–Trinajstić information content (AvgIpc) is 2.66. The van der Waals surface area contributed by atoms with E-state index >= 15 is 0 Å². The average molecular weight is 265 g/mol. The highest BCUT2D eigenvalue weighted by Crippen LogP contribution is 2.30. The minimum atomic E-state index is 0.530. The molecule has 1 unspecified atom stereocenters. The smallest absolute Gasteiger partial charge is 0.199 e. The molecular weight excluding hydrogens is 248 g/mol. The Morgan fingerprint density at radius 1 is 1.44 bits per heavy atom. The molecular formula is C14H17ClN2O. The Hall–Kier alpha value is -1.03. The molecule has 0 aliphatic carbocycles. The van der Waals surface area contributed by atoms with E-state index in [2.05, 4.69) is 23.2 Å². The van der Waals surface area contributed by atoms with Crippen molar-refractivity contribution in [2.45, 2.75) is 19.5 Å². The molecule has 2 aromatic rings. The van der Waals surface area contributed by atoms with Crippen molar-refractivity contribution in [3.05, 3.63) is 35.0 Å². The first-order chi connectivity index (χ1) is 8.74. The molecule has 1 saturated heterocycles. The van der Waals surface area contributed by atoms with Crippen molar-refractivity contribution in [1.29, 1.82) is 0 Å². The highest BCUT2D eigenvalue weighted by molar-refractivity contribution is 6.30. The predicted molar refractivity (Wildman–Crippen MR) is 74.0 cm³/mol. The largest absolute Gasteiger partial charge is 0.444 e. The normalized spacial score (nSPS) is 21.6. The summed E-state index contributed by atoms with van der Waals surface area (Å²) in [6.07, 6.45) is 0. The maximum atomic E-state index is 6.21. The highest BCUT2D eigenvalue weighted by Gasteiger charge is 2.19. The molecule has 1 aliphatic heterocycles. The number of nitrogens with one attached hydrogen (secondary N) is 1. The van der Waals surface area contributed by atoms with Crippen LogP contribution in [-0.2, 0) is 6.54 Å². The van der Waals surface area contributed by atoms with Crippen LogP contribution < -0.4 is 5.32 Å². The van der Waals surface area contributed by atoms with Gasteiger partial charge in [-0.1, -0.05) is 18.2 Å². The molecule has 3 rings (SSSR count). The SMILES string of the molecule is CC1CN(Cc2c(Cl)oc3ccccc23)CCN1. The van der Waals surface area contributed by atoms with Crippen molar-refractivity contribution in [2.75, 3.05) is 19.6 Å². The summed E-state index contributed by atoms with van der Waals surface area (Å²) in [5.41, 5.74) is 1.99. The fourth-order valence-corrected chi connectivity index (χ4v) is 2.84. The number of fused-ring (bicyclic) bond motifs is 1. The molecule has 0 amide bonds. The molecule has 96 valence electrons. The lowest BCUT2D eigenvalue weighted by molar-refractivity contribution is 0.200. The van der Waals surface area contributed by atoms with Crippen LogP contribution in [0.5, 0.6) is 0 Å². The summed E-state index contributed by atoms with van der Waals surface area (Å²) in [5, 5.41) is 5.11. The number of hydrogen-bond acceptors (Lipinski definition) is 3. The summed E-state index contributed by atoms with van der Waals surface area (Å²) in [4.78, 5) is 2.42. The zero-order valence-corrected chi connectivity index (χ0v) is 11.2. The third kappa shape index (κ3) is 2.26. The monoisotopic (exact) mass is 264 g/mol. The van der Waals surface area contributed by atoms with Crippen molar-refractivity contribution in [3.63, 3.8) is 0 Å². The molecule has 0 bridgehead atoms. The number of nitrogens with zero attached hydrogens (tertiary/aromatic N) is 1. The van der Waals surface area contributed by atoms with Gasteiger partial charge in [-0.25, -0.2) is 0 Å². The van der Waals surface area contributed by atoms with Gasteiger partial charge in [0.05, 0.1) is 0 Å². The number of benzene rings is 1. The summed E-state index contributed by atoms with van der Waals surface area (Å²) >= 11 is 6.21. The number of furan rings is 1. The van der Waals surface area contributed by atoms with Gasteiger partial charge in [0.1, 0.15) is 5.58 Å². The third-order valence-electron chi connectivity index (χ3n) is 3.48. The lowest BCUT2D eigenvalue weighted by Gasteiger charge is -2.31. The Labute approximate surface area is 112 Å². The standard InChI is InChI=1S/C14H17ClN2O/c1-10-8-17(7-6-16-10)9-12-11-4-2-3-5-13(11)18-14(12)15/h2-5,10,16H,6-9H2,1H3. The fraction of sp³-hybridized carbons (Fsp3) is 0.429. The van der Waals surface area contributed by atoms with Gasteiger partial charge in [0.15, 0.2) is 5.22 Å². The molecule has 4 heteroatoms. The Morgan fingerprint density at radius 2 is 2.28 bits per heavy atom. The Morgan fingerprint density at radius 3 is 3.11 bits per heavy atom. The van der Waals surface area contributed by atoms with Crippen LogP contribution in [0.25, 0.3) is 11.0 Å². The van der Waals surface area contributed by atoms with E-state index in [1.165, 1.54) is 0 Å². The minimum Gasteiger partial charge on any atom is -0.444 e. The molecule has 3 nitrogen and oxygen atoms in total. The van der Waals surface area contributed by atoms with E-state index in [0.29, 0.717) is 11.3 Å². The second kappa shape index (κ2) is 4.92. The van der Waals surface area contributed by atoms with Crippen LogP contribution in [0, 0.1) is 0 Å².